The molecule has 34 heavy (non-hydrogen) atoms. The van der Waals surface area contributed by atoms with Gasteiger partial charge in [-0.2, -0.15) is 16.3 Å². The highest BCUT2D eigenvalue weighted by Gasteiger charge is 2.18. The first-order valence-corrected chi connectivity index (χ1v) is 12.0. The molecule has 0 aliphatic heterocycles. The molecule has 2 aromatic carbocycles. The molecule has 3 heterocycles. The number of ether oxygens (including phenoxy) is 1. The van der Waals surface area contributed by atoms with Gasteiger partial charge in [0.15, 0.2) is 17.6 Å². The van der Waals surface area contributed by atoms with Crippen LogP contribution in [0.25, 0.3) is 28.5 Å². The molecule has 0 fully saturated rings. The van der Waals surface area contributed by atoms with E-state index in [1.165, 1.54) is 35.2 Å². The van der Waals surface area contributed by atoms with Gasteiger partial charge in [-0.3, -0.25) is 9.36 Å². The fourth-order valence-corrected chi connectivity index (χ4v) is 4.47. The Bertz CT molecular complexity index is 1390. The number of nitrogens with zero attached hydrogens (tertiary/aromatic N) is 5. The highest BCUT2D eigenvalue weighted by atomic mass is 32.2. The summed E-state index contributed by atoms with van der Waals surface area (Å²) in [5.41, 5.74) is 2.36. The first-order valence-electron chi connectivity index (χ1n) is 10.1. The Morgan fingerprint density at radius 2 is 1.88 bits per heavy atom. The lowest BCUT2D eigenvalue weighted by molar-refractivity contribution is -0.142. The molecular formula is C23H16FN5O3S2. The van der Waals surface area contributed by atoms with Gasteiger partial charge >= 0.3 is 5.97 Å². The van der Waals surface area contributed by atoms with E-state index in [1.807, 2.05) is 51.7 Å². The van der Waals surface area contributed by atoms with Gasteiger partial charge in [0.2, 0.25) is 5.82 Å². The van der Waals surface area contributed by atoms with Crippen molar-refractivity contribution in [2.75, 3.05) is 5.75 Å². The van der Waals surface area contributed by atoms with Crippen molar-refractivity contribution < 1.29 is 18.4 Å². The molecule has 3 aromatic heterocycles. The fraction of sp³-hybridized carbons (Fsp3) is 0.0870. The van der Waals surface area contributed by atoms with Gasteiger partial charge in [-0.05, 0) is 47.8 Å². The van der Waals surface area contributed by atoms with Crippen LogP contribution in [0.15, 0.2) is 81.1 Å². The van der Waals surface area contributed by atoms with Gasteiger partial charge in [0.1, 0.15) is 5.82 Å². The van der Waals surface area contributed by atoms with Crippen molar-refractivity contribution in [1.82, 2.24) is 24.9 Å². The van der Waals surface area contributed by atoms with Crippen LogP contribution in [0.4, 0.5) is 4.39 Å². The highest BCUT2D eigenvalue weighted by molar-refractivity contribution is 7.99. The van der Waals surface area contributed by atoms with Crippen LogP contribution in [0, 0.1) is 5.82 Å². The summed E-state index contributed by atoms with van der Waals surface area (Å²) in [6.07, 6.45) is 0. The molecule has 0 bridgehead atoms. The lowest BCUT2D eigenvalue weighted by Gasteiger charge is -2.10. The van der Waals surface area contributed by atoms with Gasteiger partial charge in [0.25, 0.3) is 5.89 Å². The number of carbonyl (C=O) groups excluding carboxylic acids is 1. The largest absolute Gasteiger partial charge is 0.455 e. The Morgan fingerprint density at radius 1 is 1.06 bits per heavy atom. The number of carbonyl (C=O) groups is 1. The quantitative estimate of drug-likeness (QED) is 0.220. The van der Waals surface area contributed by atoms with Crippen molar-refractivity contribution in [3.8, 4) is 28.5 Å². The SMILES string of the molecule is O=C(CSc1nnc(-c2ccc(F)cc2)n1-c1ccccc1)OCc1nc(-c2ccsc2)no1. The summed E-state index contributed by atoms with van der Waals surface area (Å²) in [4.78, 5) is 16.6. The van der Waals surface area contributed by atoms with Crippen LogP contribution in [0.5, 0.6) is 0 Å². The number of para-hydroxylation sites is 1. The van der Waals surface area contributed by atoms with Crippen LogP contribution in [0.3, 0.4) is 0 Å². The molecule has 0 saturated carbocycles. The van der Waals surface area contributed by atoms with Crippen molar-refractivity contribution in [2.45, 2.75) is 11.8 Å². The first-order chi connectivity index (χ1) is 16.7. The molecule has 0 saturated heterocycles. The van der Waals surface area contributed by atoms with E-state index in [9.17, 15) is 9.18 Å². The zero-order valence-electron chi connectivity index (χ0n) is 17.5. The van der Waals surface area contributed by atoms with Crippen LogP contribution in [-0.4, -0.2) is 36.6 Å². The number of hydrogen-bond donors (Lipinski definition) is 0. The van der Waals surface area contributed by atoms with Gasteiger partial charge in [-0.15, -0.1) is 10.2 Å². The second kappa shape index (κ2) is 9.98. The standard InChI is InChI=1S/C23H16FN5O3S2/c24-17-8-6-15(7-9-17)22-26-27-23(29(22)18-4-2-1-3-5-18)34-14-20(30)31-12-19-25-21(28-32-19)16-10-11-33-13-16/h1-11,13H,12,14H2. The van der Waals surface area contributed by atoms with Crippen LogP contribution in [0.2, 0.25) is 0 Å². The molecular weight excluding hydrogens is 477 g/mol. The number of hydrogen-bond acceptors (Lipinski definition) is 9. The van der Waals surface area contributed by atoms with E-state index in [2.05, 4.69) is 20.3 Å². The maximum Gasteiger partial charge on any atom is 0.316 e. The third kappa shape index (κ3) is 4.90. The summed E-state index contributed by atoms with van der Waals surface area (Å²) < 4.78 is 25.6. The van der Waals surface area contributed by atoms with Crippen molar-refractivity contribution in [3.05, 3.63) is 83.1 Å². The number of benzene rings is 2. The topological polar surface area (TPSA) is 95.9 Å². The van der Waals surface area contributed by atoms with E-state index in [0.29, 0.717) is 22.4 Å². The molecule has 11 heteroatoms. The Kier molecular flexibility index (Phi) is 6.45. The molecule has 0 unspecified atom stereocenters. The van der Waals surface area contributed by atoms with E-state index >= 15 is 0 Å². The predicted molar refractivity (Wildman–Crippen MR) is 125 cm³/mol. The Morgan fingerprint density at radius 3 is 2.65 bits per heavy atom. The number of halogens is 1. The number of aromatic nitrogens is 5. The highest BCUT2D eigenvalue weighted by Crippen LogP contribution is 2.28. The molecule has 8 nitrogen and oxygen atoms in total. The Balaban J connectivity index is 1.28. The molecule has 0 spiro atoms. The zero-order valence-corrected chi connectivity index (χ0v) is 19.1. The minimum atomic E-state index is -0.466. The molecule has 0 atom stereocenters. The summed E-state index contributed by atoms with van der Waals surface area (Å²) in [6.45, 7) is -0.122. The summed E-state index contributed by atoms with van der Waals surface area (Å²) in [5, 5.41) is 16.7. The lowest BCUT2D eigenvalue weighted by Crippen LogP contribution is -2.08. The first kappa shape index (κ1) is 22.0. The van der Waals surface area contributed by atoms with Gasteiger partial charge < -0.3 is 9.26 Å². The van der Waals surface area contributed by atoms with E-state index in [0.717, 1.165) is 11.3 Å². The second-order valence-electron chi connectivity index (χ2n) is 6.96. The monoisotopic (exact) mass is 493 g/mol. The third-order valence-electron chi connectivity index (χ3n) is 4.67. The van der Waals surface area contributed by atoms with Crippen LogP contribution >= 0.6 is 23.1 Å². The number of esters is 1. The Labute approximate surface area is 201 Å². The Hall–Kier alpha value is -3.83. The molecule has 0 amide bonds. The average molecular weight is 494 g/mol. The number of thiophene rings is 1. The normalized spacial score (nSPS) is 11.0. The molecule has 5 aromatic rings. The van der Waals surface area contributed by atoms with Gasteiger partial charge in [-0.25, -0.2) is 4.39 Å². The smallest absolute Gasteiger partial charge is 0.316 e. The van der Waals surface area contributed by atoms with Gasteiger partial charge in [0, 0.05) is 22.2 Å². The van der Waals surface area contributed by atoms with E-state index in [4.69, 9.17) is 9.26 Å². The van der Waals surface area contributed by atoms with Crippen molar-refractivity contribution in [1.29, 1.82) is 0 Å². The molecule has 5 rings (SSSR count). The van der Waals surface area contributed by atoms with Crippen molar-refractivity contribution in [3.63, 3.8) is 0 Å². The summed E-state index contributed by atoms with van der Waals surface area (Å²) >= 11 is 2.71. The number of thioether (sulfide) groups is 1. The summed E-state index contributed by atoms with van der Waals surface area (Å²) in [5.74, 6) is 0.395. The minimum absolute atomic E-state index is 0.0000897. The van der Waals surface area contributed by atoms with E-state index < -0.39 is 5.97 Å². The third-order valence-corrected chi connectivity index (χ3v) is 6.26. The molecule has 0 radical (unpaired) electrons. The summed E-state index contributed by atoms with van der Waals surface area (Å²) in [6, 6.07) is 17.4. The fourth-order valence-electron chi connectivity index (χ4n) is 3.09. The maximum atomic E-state index is 13.4. The lowest BCUT2D eigenvalue weighted by atomic mass is 10.2. The van der Waals surface area contributed by atoms with Crippen molar-refractivity contribution >= 4 is 29.1 Å². The molecule has 0 aliphatic carbocycles. The van der Waals surface area contributed by atoms with E-state index in [1.54, 1.807) is 12.1 Å². The summed E-state index contributed by atoms with van der Waals surface area (Å²) in [7, 11) is 0. The van der Waals surface area contributed by atoms with Crippen LogP contribution in [-0.2, 0) is 16.1 Å². The van der Waals surface area contributed by atoms with Crippen LogP contribution in [0.1, 0.15) is 5.89 Å². The zero-order chi connectivity index (χ0) is 23.3. The van der Waals surface area contributed by atoms with Gasteiger partial charge in [0.05, 0.1) is 5.75 Å². The second-order valence-corrected chi connectivity index (χ2v) is 8.68. The predicted octanol–water partition coefficient (Wildman–Crippen LogP) is 5.02. The molecule has 0 aliphatic rings. The van der Waals surface area contributed by atoms with Gasteiger partial charge in [-0.1, -0.05) is 35.1 Å². The number of rotatable bonds is 8. The average Bonchev–Trinajstić information content (AvgIpc) is 3.63. The maximum absolute atomic E-state index is 13.4. The molecule has 170 valence electrons. The molecule has 0 N–H and O–H groups in total. The minimum Gasteiger partial charge on any atom is -0.455 e. The van der Waals surface area contributed by atoms with Crippen molar-refractivity contribution in [2.24, 2.45) is 0 Å². The van der Waals surface area contributed by atoms with E-state index in [-0.39, 0.29) is 24.1 Å². The van der Waals surface area contributed by atoms with Crippen LogP contribution < -0.4 is 0 Å².